The first-order chi connectivity index (χ1) is 9.65. The Morgan fingerprint density at radius 1 is 1.25 bits per heavy atom. The minimum atomic E-state index is 0.104. The topological polar surface area (TPSA) is 32.3 Å². The summed E-state index contributed by atoms with van der Waals surface area (Å²) in [6.45, 7) is 3.41. The van der Waals surface area contributed by atoms with Crippen LogP contribution in [0.25, 0.3) is 0 Å². The zero-order valence-electron chi connectivity index (χ0n) is 12.4. The number of nitrogens with one attached hydrogen (secondary N) is 1. The highest BCUT2D eigenvalue weighted by Gasteiger charge is 2.31. The Kier molecular flexibility index (Phi) is 5.88. The van der Waals surface area contributed by atoms with Crippen molar-refractivity contribution < 1.29 is 5.11 Å². The first-order valence-electron chi connectivity index (χ1n) is 7.73. The molecule has 1 saturated carbocycles. The highest BCUT2D eigenvalue weighted by Crippen LogP contribution is 2.35. The van der Waals surface area contributed by atoms with Crippen molar-refractivity contribution in [3.05, 3.63) is 34.9 Å². The maximum atomic E-state index is 9.73. The van der Waals surface area contributed by atoms with Crippen LogP contribution in [0.3, 0.4) is 0 Å². The van der Waals surface area contributed by atoms with Crippen LogP contribution < -0.4 is 5.32 Å². The van der Waals surface area contributed by atoms with Gasteiger partial charge in [0.2, 0.25) is 0 Å². The van der Waals surface area contributed by atoms with Gasteiger partial charge in [-0.05, 0) is 37.8 Å². The largest absolute Gasteiger partial charge is 0.396 e. The van der Waals surface area contributed by atoms with E-state index in [-0.39, 0.29) is 5.41 Å². The van der Waals surface area contributed by atoms with Gasteiger partial charge in [-0.3, -0.25) is 0 Å². The summed E-state index contributed by atoms with van der Waals surface area (Å²) in [6, 6.07) is 8.40. The number of benzene rings is 1. The molecule has 0 heterocycles. The smallest absolute Gasteiger partial charge is 0.0499 e. The van der Waals surface area contributed by atoms with E-state index >= 15 is 0 Å². The molecule has 1 unspecified atom stereocenters. The van der Waals surface area contributed by atoms with E-state index in [2.05, 4.69) is 18.3 Å². The molecule has 1 aromatic rings. The van der Waals surface area contributed by atoms with Crippen LogP contribution >= 0.6 is 11.6 Å². The summed E-state index contributed by atoms with van der Waals surface area (Å²) in [5.74, 6) is 0. The Bertz CT molecular complexity index is 415. The van der Waals surface area contributed by atoms with Gasteiger partial charge in [0.05, 0.1) is 0 Å². The minimum absolute atomic E-state index is 0.104. The van der Waals surface area contributed by atoms with Gasteiger partial charge < -0.3 is 10.4 Å². The molecule has 112 valence electrons. The molecule has 0 bridgehead atoms. The third-order valence-corrected chi connectivity index (χ3v) is 4.93. The SMILES string of the molecule is CC(Cc1ccccc1Cl)NCC1(CO)CCCCC1. The van der Waals surface area contributed by atoms with Crippen LogP contribution in [0.15, 0.2) is 24.3 Å². The Morgan fingerprint density at radius 3 is 2.60 bits per heavy atom. The van der Waals surface area contributed by atoms with Crippen LogP contribution in [0.1, 0.15) is 44.6 Å². The fourth-order valence-electron chi connectivity index (χ4n) is 3.15. The fourth-order valence-corrected chi connectivity index (χ4v) is 3.36. The summed E-state index contributed by atoms with van der Waals surface area (Å²) in [5, 5.41) is 14.2. The molecule has 1 atom stereocenters. The molecule has 1 fully saturated rings. The average molecular weight is 296 g/mol. The van der Waals surface area contributed by atoms with E-state index < -0.39 is 0 Å². The van der Waals surface area contributed by atoms with Gasteiger partial charge >= 0.3 is 0 Å². The van der Waals surface area contributed by atoms with E-state index in [1.165, 1.54) is 24.8 Å². The van der Waals surface area contributed by atoms with E-state index in [9.17, 15) is 5.11 Å². The number of aliphatic hydroxyl groups excluding tert-OH is 1. The van der Waals surface area contributed by atoms with E-state index in [0.29, 0.717) is 12.6 Å². The van der Waals surface area contributed by atoms with Gasteiger partial charge in [0.15, 0.2) is 0 Å². The number of hydrogen-bond acceptors (Lipinski definition) is 2. The van der Waals surface area contributed by atoms with Gasteiger partial charge in [0.25, 0.3) is 0 Å². The van der Waals surface area contributed by atoms with Crippen molar-refractivity contribution in [3.8, 4) is 0 Å². The quantitative estimate of drug-likeness (QED) is 0.836. The molecule has 2 rings (SSSR count). The summed E-state index contributed by atoms with van der Waals surface area (Å²) in [5.41, 5.74) is 1.29. The van der Waals surface area contributed by atoms with Gasteiger partial charge in [-0.25, -0.2) is 0 Å². The van der Waals surface area contributed by atoms with Crippen LogP contribution in [-0.4, -0.2) is 24.3 Å². The Morgan fingerprint density at radius 2 is 1.95 bits per heavy atom. The number of hydrogen-bond donors (Lipinski definition) is 2. The first-order valence-corrected chi connectivity index (χ1v) is 8.11. The summed E-state index contributed by atoms with van der Waals surface area (Å²) in [4.78, 5) is 0. The van der Waals surface area contributed by atoms with Crippen molar-refractivity contribution in [1.29, 1.82) is 0 Å². The van der Waals surface area contributed by atoms with E-state index in [4.69, 9.17) is 11.6 Å². The lowest BCUT2D eigenvalue weighted by atomic mass is 9.74. The first kappa shape index (κ1) is 15.8. The molecule has 1 aliphatic rings. The highest BCUT2D eigenvalue weighted by atomic mass is 35.5. The highest BCUT2D eigenvalue weighted by molar-refractivity contribution is 6.31. The lowest BCUT2D eigenvalue weighted by Crippen LogP contribution is -2.42. The molecular weight excluding hydrogens is 270 g/mol. The molecule has 1 aliphatic carbocycles. The fraction of sp³-hybridized carbons (Fsp3) is 0.647. The molecule has 3 heteroatoms. The van der Waals surface area contributed by atoms with Crippen molar-refractivity contribution in [3.63, 3.8) is 0 Å². The molecule has 0 amide bonds. The zero-order chi connectivity index (χ0) is 14.4. The normalized spacial score (nSPS) is 19.8. The van der Waals surface area contributed by atoms with Crippen molar-refractivity contribution >= 4 is 11.6 Å². The molecule has 0 radical (unpaired) electrons. The third kappa shape index (κ3) is 4.21. The molecule has 20 heavy (non-hydrogen) atoms. The number of rotatable bonds is 6. The van der Waals surface area contributed by atoms with Crippen LogP contribution in [-0.2, 0) is 6.42 Å². The second-order valence-electron chi connectivity index (χ2n) is 6.30. The maximum absolute atomic E-state index is 9.73. The van der Waals surface area contributed by atoms with Crippen molar-refractivity contribution in [2.24, 2.45) is 5.41 Å². The molecule has 0 spiro atoms. The number of halogens is 1. The number of aliphatic hydroxyl groups is 1. The summed E-state index contributed by atoms with van der Waals surface area (Å²) >= 11 is 6.20. The van der Waals surface area contributed by atoms with Crippen LogP contribution in [0, 0.1) is 5.41 Å². The Labute approximate surface area is 127 Å². The third-order valence-electron chi connectivity index (χ3n) is 4.56. The van der Waals surface area contributed by atoms with Gasteiger partial charge in [-0.15, -0.1) is 0 Å². The standard InChI is InChI=1S/C17H26ClNO/c1-14(11-15-7-3-4-8-16(15)18)19-12-17(13-20)9-5-2-6-10-17/h3-4,7-8,14,19-20H,2,5-6,9-13H2,1H3. The van der Waals surface area contributed by atoms with Gasteiger partial charge in [-0.1, -0.05) is 49.1 Å². The Hall–Kier alpha value is -0.570. The predicted octanol–water partition coefficient (Wildman–Crippen LogP) is 3.80. The van der Waals surface area contributed by atoms with Gasteiger partial charge in [-0.2, -0.15) is 0 Å². The molecule has 0 aliphatic heterocycles. The average Bonchev–Trinajstić information content (AvgIpc) is 2.49. The van der Waals surface area contributed by atoms with Gasteiger partial charge in [0.1, 0.15) is 0 Å². The van der Waals surface area contributed by atoms with Crippen molar-refractivity contribution in [1.82, 2.24) is 5.32 Å². The summed E-state index contributed by atoms with van der Waals surface area (Å²) < 4.78 is 0. The minimum Gasteiger partial charge on any atom is -0.396 e. The molecule has 2 nitrogen and oxygen atoms in total. The second-order valence-corrected chi connectivity index (χ2v) is 6.70. The lowest BCUT2D eigenvalue weighted by molar-refractivity contribution is 0.0789. The zero-order valence-corrected chi connectivity index (χ0v) is 13.1. The molecule has 1 aromatic carbocycles. The van der Waals surface area contributed by atoms with Crippen LogP contribution in [0.4, 0.5) is 0 Å². The lowest BCUT2D eigenvalue weighted by Gasteiger charge is -2.36. The molecular formula is C17H26ClNO. The summed E-state index contributed by atoms with van der Waals surface area (Å²) in [6.07, 6.45) is 7.05. The monoisotopic (exact) mass is 295 g/mol. The van der Waals surface area contributed by atoms with Crippen molar-refractivity contribution in [2.75, 3.05) is 13.2 Å². The van der Waals surface area contributed by atoms with E-state index in [0.717, 1.165) is 30.8 Å². The maximum Gasteiger partial charge on any atom is 0.0499 e. The summed E-state index contributed by atoms with van der Waals surface area (Å²) in [7, 11) is 0. The second kappa shape index (κ2) is 7.44. The van der Waals surface area contributed by atoms with Crippen molar-refractivity contribution in [2.45, 2.75) is 51.5 Å². The Balaban J connectivity index is 1.85. The van der Waals surface area contributed by atoms with E-state index in [1.807, 2.05) is 18.2 Å². The van der Waals surface area contributed by atoms with Gasteiger partial charge in [0, 0.05) is 29.6 Å². The molecule has 0 saturated heterocycles. The van der Waals surface area contributed by atoms with Crippen LogP contribution in [0.2, 0.25) is 5.02 Å². The molecule has 2 N–H and O–H groups in total. The predicted molar refractivity (Wildman–Crippen MR) is 85.2 cm³/mol. The van der Waals surface area contributed by atoms with E-state index in [1.54, 1.807) is 0 Å². The van der Waals surface area contributed by atoms with Crippen LogP contribution in [0.5, 0.6) is 0 Å². The molecule has 0 aromatic heterocycles.